The number of imide groups is 1. The van der Waals surface area contributed by atoms with Crippen LogP contribution in [0, 0.1) is 23.7 Å². The molecule has 0 aromatic heterocycles. The first kappa shape index (κ1) is 16.6. The normalized spacial score (nSPS) is 31.7. The number of rotatable bonds is 1. The van der Waals surface area contributed by atoms with Gasteiger partial charge in [0, 0.05) is 12.3 Å². The molecule has 1 heterocycles. The molecule has 4 aliphatic rings. The maximum Gasteiger partial charge on any atom is 0.416 e. The fourth-order valence-electron chi connectivity index (χ4n) is 4.48. The molecule has 2 amide bonds. The molecule has 4 nitrogen and oxygen atoms in total. The van der Waals surface area contributed by atoms with Crippen molar-refractivity contribution in [2.45, 2.75) is 25.4 Å². The van der Waals surface area contributed by atoms with Gasteiger partial charge in [-0.2, -0.15) is 13.2 Å². The van der Waals surface area contributed by atoms with Gasteiger partial charge in [0.2, 0.25) is 11.8 Å². The number of carbonyl (C=O) groups excluding carboxylic acids is 3. The molecule has 8 heteroatoms. The minimum absolute atomic E-state index is 0.0318. The maximum atomic E-state index is 13.0. The van der Waals surface area contributed by atoms with E-state index < -0.39 is 41.3 Å². The monoisotopic (exact) mass is 371 g/mol. The van der Waals surface area contributed by atoms with Gasteiger partial charge >= 0.3 is 6.18 Å². The van der Waals surface area contributed by atoms with Gasteiger partial charge in [0.05, 0.1) is 28.1 Å². The highest BCUT2D eigenvalue weighted by Gasteiger charge is 2.61. The summed E-state index contributed by atoms with van der Waals surface area (Å²) in [5, 5.41) is -0.105. The molecule has 0 spiro atoms. The minimum Gasteiger partial charge on any atom is -0.299 e. The average Bonchev–Trinajstić information content (AvgIpc) is 2.81. The van der Waals surface area contributed by atoms with Crippen LogP contribution in [0.3, 0.4) is 0 Å². The van der Waals surface area contributed by atoms with Gasteiger partial charge in [-0.25, -0.2) is 4.90 Å². The van der Waals surface area contributed by atoms with E-state index in [4.69, 9.17) is 11.6 Å². The van der Waals surface area contributed by atoms with E-state index in [2.05, 4.69) is 0 Å². The highest BCUT2D eigenvalue weighted by molar-refractivity contribution is 6.36. The van der Waals surface area contributed by atoms with Crippen molar-refractivity contribution in [3.05, 3.63) is 28.8 Å². The second-order valence-corrected chi connectivity index (χ2v) is 7.25. The SMILES string of the molecule is O=C1CC2CCC1C1C(=O)N(c3cc(C(F)(F)F)ccc3Cl)C(=O)C21. The van der Waals surface area contributed by atoms with E-state index in [1.54, 1.807) is 0 Å². The van der Waals surface area contributed by atoms with Crippen molar-refractivity contribution in [2.75, 3.05) is 4.90 Å². The van der Waals surface area contributed by atoms with Crippen LogP contribution in [0.4, 0.5) is 18.9 Å². The molecule has 1 aromatic rings. The number of fused-ring (bicyclic) bond motifs is 2. The van der Waals surface area contributed by atoms with Crippen LogP contribution in [0.25, 0.3) is 0 Å². The lowest BCUT2D eigenvalue weighted by molar-refractivity contribution is -0.143. The van der Waals surface area contributed by atoms with Gasteiger partial charge in [-0.05, 0) is 37.0 Å². The number of Topliss-reactive ketones (excluding diaryl/α,β-unsaturated/α-hetero) is 1. The molecule has 25 heavy (non-hydrogen) atoms. The highest BCUT2D eigenvalue weighted by Crippen LogP contribution is 2.53. The summed E-state index contributed by atoms with van der Waals surface area (Å²) in [6.45, 7) is 0. The molecular formula is C17H13ClF3NO3. The summed E-state index contributed by atoms with van der Waals surface area (Å²) in [7, 11) is 0. The van der Waals surface area contributed by atoms with Crippen LogP contribution in [0.15, 0.2) is 18.2 Å². The molecule has 132 valence electrons. The lowest BCUT2D eigenvalue weighted by Gasteiger charge is -2.41. The molecule has 3 saturated carbocycles. The van der Waals surface area contributed by atoms with Crippen LogP contribution in [-0.4, -0.2) is 17.6 Å². The van der Waals surface area contributed by atoms with E-state index >= 15 is 0 Å². The first-order valence-corrected chi connectivity index (χ1v) is 8.35. The second kappa shape index (κ2) is 5.30. The summed E-state index contributed by atoms with van der Waals surface area (Å²) < 4.78 is 39.0. The smallest absolute Gasteiger partial charge is 0.299 e. The van der Waals surface area contributed by atoms with Crippen LogP contribution in [0.2, 0.25) is 5.02 Å². The Kier molecular flexibility index (Phi) is 3.51. The zero-order chi connectivity index (χ0) is 18.1. The number of alkyl halides is 3. The Labute approximate surface area is 145 Å². The number of amides is 2. The van der Waals surface area contributed by atoms with Crippen LogP contribution >= 0.6 is 11.6 Å². The maximum absolute atomic E-state index is 13.0. The molecule has 4 atom stereocenters. The van der Waals surface area contributed by atoms with Gasteiger partial charge in [-0.15, -0.1) is 0 Å². The summed E-state index contributed by atoms with van der Waals surface area (Å²) in [4.78, 5) is 38.5. The largest absolute Gasteiger partial charge is 0.416 e. The van der Waals surface area contributed by atoms with Crippen molar-refractivity contribution in [3.63, 3.8) is 0 Å². The molecule has 0 N–H and O–H groups in total. The first-order chi connectivity index (χ1) is 11.7. The molecule has 1 aromatic carbocycles. The Morgan fingerprint density at radius 3 is 2.36 bits per heavy atom. The number of hydrogen-bond acceptors (Lipinski definition) is 3. The fourth-order valence-corrected chi connectivity index (χ4v) is 4.68. The third kappa shape index (κ3) is 2.32. The van der Waals surface area contributed by atoms with Crippen molar-refractivity contribution >= 4 is 34.9 Å². The molecule has 4 unspecified atom stereocenters. The van der Waals surface area contributed by atoms with E-state index in [9.17, 15) is 27.6 Å². The molecule has 2 bridgehead atoms. The van der Waals surface area contributed by atoms with Crippen molar-refractivity contribution in [3.8, 4) is 0 Å². The summed E-state index contributed by atoms with van der Waals surface area (Å²) in [5.41, 5.74) is -1.24. The topological polar surface area (TPSA) is 54.5 Å². The van der Waals surface area contributed by atoms with E-state index in [-0.39, 0.29) is 28.8 Å². The van der Waals surface area contributed by atoms with Gasteiger partial charge in [-0.1, -0.05) is 11.6 Å². The Morgan fingerprint density at radius 2 is 1.72 bits per heavy atom. The average molecular weight is 372 g/mol. The van der Waals surface area contributed by atoms with Crippen molar-refractivity contribution < 1.29 is 27.6 Å². The number of ketones is 1. The lowest BCUT2D eigenvalue weighted by Crippen LogP contribution is -2.46. The van der Waals surface area contributed by atoms with Gasteiger partial charge < -0.3 is 0 Å². The van der Waals surface area contributed by atoms with Crippen molar-refractivity contribution in [2.24, 2.45) is 23.7 Å². The Hall–Kier alpha value is -1.89. The van der Waals surface area contributed by atoms with Crippen molar-refractivity contribution in [1.29, 1.82) is 0 Å². The Bertz CT molecular complexity index is 807. The zero-order valence-electron chi connectivity index (χ0n) is 12.8. The van der Waals surface area contributed by atoms with Gasteiger partial charge in [-0.3, -0.25) is 14.4 Å². The number of nitrogens with zero attached hydrogens (tertiary/aromatic N) is 1. The predicted octanol–water partition coefficient (Wildman–Crippen LogP) is 3.46. The number of halogens is 4. The van der Waals surface area contributed by atoms with E-state index in [0.717, 1.165) is 23.1 Å². The minimum atomic E-state index is -4.62. The predicted molar refractivity (Wildman–Crippen MR) is 81.8 cm³/mol. The summed E-state index contributed by atoms with van der Waals surface area (Å²) in [6, 6.07) is 2.55. The van der Waals surface area contributed by atoms with Crippen LogP contribution in [0.1, 0.15) is 24.8 Å². The molecule has 4 fully saturated rings. The molecule has 1 aliphatic heterocycles. The van der Waals surface area contributed by atoms with Crippen molar-refractivity contribution in [1.82, 2.24) is 0 Å². The summed E-state index contributed by atoms with van der Waals surface area (Å²) in [5.74, 6) is -3.31. The van der Waals surface area contributed by atoms with Crippen LogP contribution < -0.4 is 4.90 Å². The van der Waals surface area contributed by atoms with Gasteiger partial charge in [0.1, 0.15) is 5.78 Å². The first-order valence-electron chi connectivity index (χ1n) is 7.97. The molecule has 0 radical (unpaired) electrons. The highest BCUT2D eigenvalue weighted by atomic mass is 35.5. The zero-order valence-corrected chi connectivity index (χ0v) is 13.6. The van der Waals surface area contributed by atoms with E-state index in [1.165, 1.54) is 0 Å². The Morgan fingerprint density at radius 1 is 1.04 bits per heavy atom. The standard InChI is InChI=1S/C17H13ClF3NO3/c18-10-4-2-8(17(19,20)21)6-11(10)22-15(24)13-7-1-3-9(12(23)5-7)14(13)16(22)25/h2,4,6-7,9,13-14H,1,3,5H2. The quantitative estimate of drug-likeness (QED) is 0.710. The number of anilines is 1. The molecular weight excluding hydrogens is 359 g/mol. The van der Waals surface area contributed by atoms with E-state index in [0.29, 0.717) is 12.8 Å². The van der Waals surface area contributed by atoms with Crippen LogP contribution in [0.5, 0.6) is 0 Å². The number of benzene rings is 1. The molecule has 1 saturated heterocycles. The third-order valence-corrected chi connectivity index (χ3v) is 5.90. The number of hydrogen-bond donors (Lipinski definition) is 0. The Balaban J connectivity index is 1.79. The lowest BCUT2D eigenvalue weighted by atomic mass is 9.59. The van der Waals surface area contributed by atoms with Gasteiger partial charge in [0.25, 0.3) is 0 Å². The summed E-state index contributed by atoms with van der Waals surface area (Å²) >= 11 is 5.99. The fraction of sp³-hybridized carbons (Fsp3) is 0.471. The van der Waals surface area contributed by atoms with Crippen LogP contribution in [-0.2, 0) is 20.6 Å². The number of carbonyl (C=O) groups is 3. The summed E-state index contributed by atoms with van der Waals surface area (Å²) in [6.07, 6.45) is -3.13. The molecule has 3 aliphatic carbocycles. The molecule has 5 rings (SSSR count). The third-order valence-electron chi connectivity index (χ3n) is 5.58. The second-order valence-electron chi connectivity index (χ2n) is 6.84. The van der Waals surface area contributed by atoms with E-state index in [1.807, 2.05) is 0 Å². The van der Waals surface area contributed by atoms with Gasteiger partial charge in [0.15, 0.2) is 0 Å².